The van der Waals surface area contributed by atoms with Gasteiger partial charge in [-0.25, -0.2) is 0 Å². The molecule has 0 aliphatic heterocycles. The van der Waals surface area contributed by atoms with Crippen LogP contribution in [0.15, 0.2) is 0 Å². The maximum Gasteiger partial charge on any atom is 0.305 e. The van der Waals surface area contributed by atoms with Crippen LogP contribution in [0.5, 0.6) is 0 Å². The molecule has 142 valence electrons. The van der Waals surface area contributed by atoms with Gasteiger partial charge in [0.2, 0.25) is 6.04 Å². The second kappa shape index (κ2) is 15.4. The van der Waals surface area contributed by atoms with E-state index in [9.17, 15) is 20.0 Å². The fourth-order valence-corrected chi connectivity index (χ4v) is 2.84. The van der Waals surface area contributed by atoms with E-state index in [2.05, 4.69) is 11.7 Å². The molecule has 0 bridgehead atoms. The Labute approximate surface area is 146 Å². The number of methoxy groups -OCH3 is 1. The van der Waals surface area contributed by atoms with Crippen LogP contribution in [0.4, 0.5) is 0 Å². The summed E-state index contributed by atoms with van der Waals surface area (Å²) in [4.78, 5) is 21.6. The van der Waals surface area contributed by atoms with E-state index in [0.29, 0.717) is 6.42 Å². The molecule has 0 heterocycles. The first kappa shape index (κ1) is 22.8. The number of rotatable bonds is 16. The molecule has 0 spiro atoms. The second-order valence-corrected chi connectivity index (χ2v) is 6.51. The largest absolute Gasteiger partial charge is 0.469 e. The van der Waals surface area contributed by atoms with Gasteiger partial charge in [0, 0.05) is 11.3 Å². The lowest BCUT2D eigenvalue weighted by molar-refractivity contribution is -0.535. The molecule has 0 aromatic carbocycles. The molecule has 0 aromatic rings. The molecule has 0 rings (SSSR count). The number of aliphatic hydroxyl groups excluding tert-OH is 1. The van der Waals surface area contributed by atoms with Crippen molar-refractivity contribution in [3.63, 3.8) is 0 Å². The van der Waals surface area contributed by atoms with E-state index < -0.39 is 23.0 Å². The van der Waals surface area contributed by atoms with Crippen LogP contribution in [0.1, 0.15) is 90.4 Å². The zero-order valence-electron chi connectivity index (χ0n) is 15.4. The number of carbonyl (C=O) groups excluding carboxylic acids is 1. The molecule has 1 N–H and O–H groups in total. The summed E-state index contributed by atoms with van der Waals surface area (Å²) in [6.07, 6.45) is 11.3. The predicted octanol–water partition coefficient (Wildman–Crippen LogP) is 4.26. The Bertz CT molecular complexity index is 335. The maximum absolute atomic E-state index is 11.1. The van der Waals surface area contributed by atoms with Crippen molar-refractivity contribution in [2.24, 2.45) is 0 Å². The highest BCUT2D eigenvalue weighted by molar-refractivity contribution is 5.69. The highest BCUT2D eigenvalue weighted by atomic mass is 16.6. The SMILES string of the molecule is CCCCCCCCCCCC[C@H](O)[C@@H](CCC(=O)OC)[N+](=O)[O-]. The summed E-state index contributed by atoms with van der Waals surface area (Å²) in [6, 6.07) is -1.08. The standard InChI is InChI=1S/C18H35NO5/c1-3-4-5-6-7-8-9-10-11-12-13-17(20)16(19(22)23)14-15-18(21)24-2/h16-17,20H,3-15H2,1-2H3/t16-,17+/m1/s1. The Morgan fingerprint density at radius 2 is 1.50 bits per heavy atom. The van der Waals surface area contributed by atoms with Crippen LogP contribution in [0.25, 0.3) is 0 Å². The van der Waals surface area contributed by atoms with Crippen molar-refractivity contribution < 1.29 is 19.6 Å². The van der Waals surface area contributed by atoms with Crippen molar-refractivity contribution in [1.29, 1.82) is 0 Å². The van der Waals surface area contributed by atoms with E-state index in [0.717, 1.165) is 19.3 Å². The fourth-order valence-electron chi connectivity index (χ4n) is 2.84. The number of carbonyl (C=O) groups is 1. The first-order valence-corrected chi connectivity index (χ1v) is 9.41. The Hall–Kier alpha value is -1.17. The lowest BCUT2D eigenvalue weighted by Gasteiger charge is -2.15. The molecule has 0 aliphatic rings. The van der Waals surface area contributed by atoms with E-state index in [1.54, 1.807) is 0 Å². The molecule has 0 aliphatic carbocycles. The van der Waals surface area contributed by atoms with Crippen molar-refractivity contribution in [3.05, 3.63) is 10.1 Å². The van der Waals surface area contributed by atoms with Crippen LogP contribution in [-0.2, 0) is 9.53 Å². The van der Waals surface area contributed by atoms with Crippen LogP contribution in [0, 0.1) is 10.1 Å². The van der Waals surface area contributed by atoms with Gasteiger partial charge in [-0.2, -0.15) is 0 Å². The van der Waals surface area contributed by atoms with E-state index in [-0.39, 0.29) is 12.8 Å². The Kier molecular flexibility index (Phi) is 14.6. The number of esters is 1. The molecule has 0 fully saturated rings. The lowest BCUT2D eigenvalue weighted by Crippen LogP contribution is -2.34. The second-order valence-electron chi connectivity index (χ2n) is 6.51. The van der Waals surface area contributed by atoms with E-state index >= 15 is 0 Å². The highest BCUT2D eigenvalue weighted by Crippen LogP contribution is 2.16. The molecule has 0 aromatic heterocycles. The van der Waals surface area contributed by atoms with Crippen LogP contribution in [-0.4, -0.2) is 35.3 Å². The molecule has 0 amide bonds. The van der Waals surface area contributed by atoms with E-state index in [4.69, 9.17) is 0 Å². The third-order valence-corrected chi connectivity index (χ3v) is 4.44. The van der Waals surface area contributed by atoms with Crippen molar-refractivity contribution in [3.8, 4) is 0 Å². The van der Waals surface area contributed by atoms with Gasteiger partial charge in [0.15, 0.2) is 0 Å². The number of nitro groups is 1. The Morgan fingerprint density at radius 1 is 1.00 bits per heavy atom. The molecule has 2 atom stereocenters. The van der Waals surface area contributed by atoms with Crippen LogP contribution in [0.3, 0.4) is 0 Å². The van der Waals surface area contributed by atoms with Crippen molar-refractivity contribution in [1.82, 2.24) is 0 Å². The lowest BCUT2D eigenvalue weighted by atomic mass is 9.99. The molecular weight excluding hydrogens is 310 g/mol. The first-order valence-electron chi connectivity index (χ1n) is 9.41. The summed E-state index contributed by atoms with van der Waals surface area (Å²) in [6.45, 7) is 2.22. The first-order chi connectivity index (χ1) is 11.5. The average molecular weight is 345 g/mol. The minimum Gasteiger partial charge on any atom is -0.469 e. The number of ether oxygens (including phenoxy) is 1. The van der Waals surface area contributed by atoms with Gasteiger partial charge in [0.25, 0.3) is 0 Å². The Balaban J connectivity index is 3.71. The van der Waals surface area contributed by atoms with Gasteiger partial charge in [-0.1, -0.05) is 71.1 Å². The van der Waals surface area contributed by atoms with Crippen LogP contribution < -0.4 is 0 Å². The van der Waals surface area contributed by atoms with Crippen molar-refractivity contribution >= 4 is 5.97 Å². The maximum atomic E-state index is 11.1. The molecule has 0 unspecified atom stereocenters. The van der Waals surface area contributed by atoms with Crippen molar-refractivity contribution in [2.75, 3.05) is 7.11 Å². The molecule has 0 radical (unpaired) electrons. The summed E-state index contributed by atoms with van der Waals surface area (Å²) in [5.74, 6) is -0.479. The number of hydrogen-bond donors (Lipinski definition) is 1. The molecular formula is C18H35NO5. The monoisotopic (exact) mass is 345 g/mol. The van der Waals surface area contributed by atoms with Crippen LogP contribution >= 0.6 is 0 Å². The number of nitrogens with zero attached hydrogens (tertiary/aromatic N) is 1. The van der Waals surface area contributed by atoms with Gasteiger partial charge < -0.3 is 9.84 Å². The van der Waals surface area contributed by atoms with Crippen LogP contribution in [0.2, 0.25) is 0 Å². The Morgan fingerprint density at radius 3 is 1.96 bits per heavy atom. The summed E-state index contributed by atoms with van der Waals surface area (Å²) in [7, 11) is 1.25. The molecule has 0 saturated carbocycles. The minimum atomic E-state index is -1.08. The molecule has 0 saturated heterocycles. The third-order valence-electron chi connectivity index (χ3n) is 4.44. The highest BCUT2D eigenvalue weighted by Gasteiger charge is 2.29. The van der Waals surface area contributed by atoms with Crippen molar-refractivity contribution in [2.45, 2.75) is 103 Å². The smallest absolute Gasteiger partial charge is 0.305 e. The predicted molar refractivity (Wildman–Crippen MR) is 94.5 cm³/mol. The number of aliphatic hydroxyl groups is 1. The number of hydrogen-bond acceptors (Lipinski definition) is 5. The third kappa shape index (κ3) is 12.3. The van der Waals surface area contributed by atoms with Gasteiger partial charge in [0.1, 0.15) is 6.10 Å². The summed E-state index contributed by atoms with van der Waals surface area (Å²) in [5, 5.41) is 21.0. The van der Waals surface area contributed by atoms with E-state index in [1.807, 2.05) is 0 Å². The molecule has 6 nitrogen and oxygen atoms in total. The normalized spacial score (nSPS) is 13.5. The average Bonchev–Trinajstić information content (AvgIpc) is 2.56. The number of unbranched alkanes of at least 4 members (excludes halogenated alkanes) is 9. The van der Waals surface area contributed by atoms with Gasteiger partial charge in [-0.3, -0.25) is 14.9 Å². The summed E-state index contributed by atoms with van der Waals surface area (Å²) >= 11 is 0. The molecule has 6 heteroatoms. The van der Waals surface area contributed by atoms with Gasteiger partial charge in [0.05, 0.1) is 13.5 Å². The minimum absolute atomic E-state index is 0.0264. The van der Waals surface area contributed by atoms with E-state index in [1.165, 1.54) is 52.1 Å². The van der Waals surface area contributed by atoms with Gasteiger partial charge in [-0.15, -0.1) is 0 Å². The summed E-state index contributed by atoms with van der Waals surface area (Å²) < 4.78 is 4.48. The fraction of sp³-hybridized carbons (Fsp3) is 0.944. The quantitative estimate of drug-likeness (QED) is 0.195. The van der Waals surface area contributed by atoms with Gasteiger partial charge >= 0.3 is 5.97 Å². The zero-order valence-corrected chi connectivity index (χ0v) is 15.4. The van der Waals surface area contributed by atoms with Gasteiger partial charge in [-0.05, 0) is 6.42 Å². The topological polar surface area (TPSA) is 89.7 Å². The zero-order chi connectivity index (χ0) is 18.2. The summed E-state index contributed by atoms with van der Waals surface area (Å²) in [5.41, 5.74) is 0. The molecule has 24 heavy (non-hydrogen) atoms.